The van der Waals surface area contributed by atoms with Gasteiger partial charge in [0, 0.05) is 22.8 Å². The van der Waals surface area contributed by atoms with Crippen LogP contribution in [0.15, 0.2) is 30.3 Å². The average molecular weight is 431 g/mol. The first-order chi connectivity index (χ1) is 14.3. The molecule has 0 radical (unpaired) electrons. The standard InChI is InChI=1S/C23H30N2O4S/c1-22-9-8-18(27)23(2,13-26)17(22)11-16-20(15(22)10-19(28)29)25-21(30-16)24-12-14-6-4-3-5-7-14/h3-7,15,17-18,26-27H,8-13H2,1-2H3,(H,24,25)(H,28,29)/t15-,17+,18-,22+,23+/m1/s1. The molecule has 0 unspecified atom stereocenters. The highest BCUT2D eigenvalue weighted by Crippen LogP contribution is 2.62. The zero-order chi connectivity index (χ0) is 21.5. The van der Waals surface area contributed by atoms with E-state index in [-0.39, 0.29) is 30.3 Å². The number of aliphatic carboxylic acids is 1. The van der Waals surface area contributed by atoms with E-state index >= 15 is 0 Å². The maximum absolute atomic E-state index is 11.8. The number of carboxylic acid groups (broad SMARTS) is 1. The molecule has 7 heteroatoms. The highest BCUT2D eigenvalue weighted by atomic mass is 32.1. The van der Waals surface area contributed by atoms with Gasteiger partial charge in [-0.3, -0.25) is 4.79 Å². The number of hydrogen-bond acceptors (Lipinski definition) is 6. The van der Waals surface area contributed by atoms with Crippen LogP contribution in [0.3, 0.4) is 0 Å². The molecule has 2 aromatic rings. The van der Waals surface area contributed by atoms with E-state index in [1.165, 1.54) is 0 Å². The van der Waals surface area contributed by atoms with Crippen LogP contribution in [-0.4, -0.2) is 39.0 Å². The van der Waals surface area contributed by atoms with Gasteiger partial charge in [-0.15, -0.1) is 11.3 Å². The van der Waals surface area contributed by atoms with Gasteiger partial charge in [0.2, 0.25) is 0 Å². The molecular formula is C23H30N2O4S. The van der Waals surface area contributed by atoms with Gasteiger partial charge in [-0.25, -0.2) is 4.98 Å². The molecule has 2 aliphatic carbocycles. The van der Waals surface area contributed by atoms with Gasteiger partial charge in [0.15, 0.2) is 5.13 Å². The Bertz CT molecular complexity index is 917. The smallest absolute Gasteiger partial charge is 0.304 e. The Labute approximate surface area is 181 Å². The molecule has 0 aliphatic heterocycles. The summed E-state index contributed by atoms with van der Waals surface area (Å²) < 4.78 is 0. The second-order valence-corrected chi connectivity index (χ2v) is 10.4. The van der Waals surface area contributed by atoms with Crippen molar-refractivity contribution in [3.63, 3.8) is 0 Å². The lowest BCUT2D eigenvalue weighted by Crippen LogP contribution is -2.57. The molecule has 30 heavy (non-hydrogen) atoms. The van der Waals surface area contributed by atoms with Crippen molar-refractivity contribution in [2.75, 3.05) is 11.9 Å². The molecule has 6 nitrogen and oxygen atoms in total. The Balaban J connectivity index is 1.69. The van der Waals surface area contributed by atoms with Crippen LogP contribution in [0.5, 0.6) is 0 Å². The number of benzene rings is 1. The second-order valence-electron chi connectivity index (χ2n) is 9.30. The lowest BCUT2D eigenvalue weighted by atomic mass is 9.47. The molecule has 5 atom stereocenters. The highest BCUT2D eigenvalue weighted by molar-refractivity contribution is 7.15. The van der Waals surface area contributed by atoms with Crippen LogP contribution in [-0.2, 0) is 17.8 Å². The normalized spacial score (nSPS) is 32.9. The van der Waals surface area contributed by atoms with E-state index in [0.29, 0.717) is 19.4 Å². The van der Waals surface area contributed by atoms with Crippen molar-refractivity contribution < 1.29 is 20.1 Å². The molecule has 4 N–H and O–H groups in total. The Kier molecular flexibility index (Phi) is 5.64. The van der Waals surface area contributed by atoms with E-state index in [1.54, 1.807) is 11.3 Å². The maximum atomic E-state index is 11.8. The van der Waals surface area contributed by atoms with Crippen LogP contribution >= 0.6 is 11.3 Å². The van der Waals surface area contributed by atoms with Gasteiger partial charge in [-0.2, -0.15) is 0 Å². The third-order valence-electron chi connectivity index (χ3n) is 7.56. The van der Waals surface area contributed by atoms with Gasteiger partial charge in [-0.1, -0.05) is 44.2 Å². The third-order valence-corrected chi connectivity index (χ3v) is 8.61. The zero-order valence-electron chi connectivity index (χ0n) is 17.5. The van der Waals surface area contributed by atoms with Crippen molar-refractivity contribution in [1.82, 2.24) is 4.98 Å². The number of aromatic nitrogens is 1. The van der Waals surface area contributed by atoms with Gasteiger partial charge in [0.25, 0.3) is 0 Å². The number of nitrogens with zero attached hydrogens (tertiary/aromatic N) is 1. The molecule has 4 rings (SSSR count). The van der Waals surface area contributed by atoms with Crippen LogP contribution < -0.4 is 5.32 Å². The highest BCUT2D eigenvalue weighted by Gasteiger charge is 2.59. The van der Waals surface area contributed by atoms with Crippen molar-refractivity contribution >= 4 is 22.4 Å². The second kappa shape index (κ2) is 7.94. The molecule has 1 aromatic heterocycles. The molecular weight excluding hydrogens is 400 g/mol. The van der Waals surface area contributed by atoms with Gasteiger partial charge >= 0.3 is 5.97 Å². The largest absolute Gasteiger partial charge is 0.481 e. The summed E-state index contributed by atoms with van der Waals surface area (Å²) in [5.74, 6) is -1.07. The van der Waals surface area contributed by atoms with Crippen LogP contribution in [0.4, 0.5) is 5.13 Å². The molecule has 0 bridgehead atoms. The number of carboxylic acids is 1. The number of hydrogen-bond donors (Lipinski definition) is 4. The first-order valence-corrected chi connectivity index (χ1v) is 11.4. The molecule has 2 aliphatic rings. The lowest BCUT2D eigenvalue weighted by molar-refractivity contribution is -0.150. The number of aliphatic hydroxyl groups excluding tert-OH is 2. The Morgan fingerprint density at radius 3 is 2.70 bits per heavy atom. The number of rotatable bonds is 6. The number of anilines is 1. The van der Waals surface area contributed by atoms with E-state index in [1.807, 2.05) is 25.1 Å². The van der Waals surface area contributed by atoms with Gasteiger partial charge < -0.3 is 20.6 Å². The van der Waals surface area contributed by atoms with E-state index in [9.17, 15) is 20.1 Å². The average Bonchev–Trinajstić information content (AvgIpc) is 3.14. The number of nitrogens with one attached hydrogen (secondary N) is 1. The number of fused-ring (bicyclic) bond motifs is 2. The van der Waals surface area contributed by atoms with Gasteiger partial charge in [0.05, 0.1) is 24.8 Å². The third kappa shape index (κ3) is 3.53. The molecule has 0 saturated heterocycles. The Hall–Kier alpha value is -1.96. The van der Waals surface area contributed by atoms with E-state index in [0.717, 1.165) is 27.7 Å². The van der Waals surface area contributed by atoms with E-state index < -0.39 is 17.5 Å². The van der Waals surface area contributed by atoms with Crippen LogP contribution in [0, 0.1) is 16.7 Å². The fourth-order valence-corrected chi connectivity index (χ4v) is 6.73. The van der Waals surface area contributed by atoms with E-state index in [2.05, 4.69) is 24.4 Å². The summed E-state index contributed by atoms with van der Waals surface area (Å²) in [5, 5.41) is 34.8. The summed E-state index contributed by atoms with van der Waals surface area (Å²) in [5.41, 5.74) is 1.06. The van der Waals surface area contributed by atoms with Crippen molar-refractivity contribution in [2.24, 2.45) is 16.7 Å². The number of aliphatic hydroxyl groups is 2. The minimum Gasteiger partial charge on any atom is -0.481 e. The quantitative estimate of drug-likeness (QED) is 0.558. The number of thiazole rings is 1. The van der Waals surface area contributed by atoms with Crippen LogP contribution in [0.1, 0.15) is 55.2 Å². The maximum Gasteiger partial charge on any atom is 0.304 e. The van der Waals surface area contributed by atoms with Gasteiger partial charge in [0.1, 0.15) is 0 Å². The summed E-state index contributed by atoms with van der Waals surface area (Å²) in [7, 11) is 0. The summed E-state index contributed by atoms with van der Waals surface area (Å²) in [6.07, 6.45) is 1.44. The molecule has 0 amide bonds. The molecule has 1 heterocycles. The van der Waals surface area contributed by atoms with Crippen molar-refractivity contribution in [3.8, 4) is 0 Å². The molecule has 1 aromatic carbocycles. The Morgan fingerprint density at radius 2 is 2.03 bits per heavy atom. The summed E-state index contributed by atoms with van der Waals surface area (Å²) in [4.78, 5) is 17.7. The monoisotopic (exact) mass is 430 g/mol. The molecule has 1 saturated carbocycles. The first-order valence-electron chi connectivity index (χ1n) is 10.6. The molecule has 1 fully saturated rings. The van der Waals surface area contributed by atoms with Gasteiger partial charge in [-0.05, 0) is 36.2 Å². The summed E-state index contributed by atoms with van der Waals surface area (Å²) in [6, 6.07) is 10.1. The molecule has 162 valence electrons. The fourth-order valence-electron chi connectivity index (χ4n) is 5.67. The van der Waals surface area contributed by atoms with Crippen molar-refractivity contribution in [1.29, 1.82) is 0 Å². The summed E-state index contributed by atoms with van der Waals surface area (Å²) >= 11 is 1.57. The van der Waals surface area contributed by atoms with E-state index in [4.69, 9.17) is 4.98 Å². The fraction of sp³-hybridized carbons (Fsp3) is 0.565. The zero-order valence-corrected chi connectivity index (χ0v) is 18.3. The minimum absolute atomic E-state index is 0.00183. The predicted octanol–water partition coefficient (Wildman–Crippen LogP) is 3.65. The van der Waals surface area contributed by atoms with Crippen LogP contribution in [0.2, 0.25) is 0 Å². The van der Waals surface area contributed by atoms with Crippen molar-refractivity contribution in [2.45, 2.75) is 58.1 Å². The minimum atomic E-state index is -0.837. The topological polar surface area (TPSA) is 103 Å². The predicted molar refractivity (Wildman–Crippen MR) is 117 cm³/mol. The first kappa shape index (κ1) is 21.3. The Morgan fingerprint density at radius 1 is 1.30 bits per heavy atom. The molecule has 0 spiro atoms. The lowest BCUT2D eigenvalue weighted by Gasteiger charge is -2.58. The SMILES string of the molecule is C[C@]1(CO)[C@H]2Cc3sc(NCc4ccccc4)nc3[C@@H](CC(=O)O)[C@]2(C)CC[C@H]1O. The number of carbonyl (C=O) groups is 1. The summed E-state index contributed by atoms with van der Waals surface area (Å²) in [6.45, 7) is 4.62. The van der Waals surface area contributed by atoms with Crippen LogP contribution in [0.25, 0.3) is 0 Å². The van der Waals surface area contributed by atoms with Crippen molar-refractivity contribution in [3.05, 3.63) is 46.5 Å².